The van der Waals surface area contributed by atoms with Crippen LogP contribution in [-0.4, -0.2) is 31.0 Å². The minimum absolute atomic E-state index is 0.180. The zero-order chi connectivity index (χ0) is 23.2. The molecule has 1 N–H and O–H groups in total. The van der Waals surface area contributed by atoms with Crippen LogP contribution in [0.15, 0.2) is 83.8 Å². The van der Waals surface area contributed by atoms with Crippen LogP contribution in [0.3, 0.4) is 0 Å². The van der Waals surface area contributed by atoms with Crippen molar-refractivity contribution >= 4 is 29.7 Å². The average Bonchev–Trinajstić information content (AvgIpc) is 3.14. The lowest BCUT2D eigenvalue weighted by Crippen LogP contribution is -2.44. The number of carbonyl (C=O) groups excluding carboxylic acids is 2. The molecule has 1 heterocycles. The van der Waals surface area contributed by atoms with Crippen LogP contribution in [0.4, 0.5) is 0 Å². The molecule has 0 radical (unpaired) electrons. The minimum Gasteiger partial charge on any atom is -0.497 e. The van der Waals surface area contributed by atoms with E-state index in [4.69, 9.17) is 9.47 Å². The number of ether oxygens (including phenoxy) is 2. The fourth-order valence-corrected chi connectivity index (χ4v) is 4.67. The molecule has 1 atom stereocenters. The van der Waals surface area contributed by atoms with Gasteiger partial charge < -0.3 is 9.47 Å². The van der Waals surface area contributed by atoms with Gasteiger partial charge in [-0.1, -0.05) is 66.4 Å². The Morgan fingerprint density at radius 2 is 1.70 bits per heavy atom. The Morgan fingerprint density at radius 3 is 2.39 bits per heavy atom. The SMILES string of the molecule is COc1ccc(C2SC(=Cc3cccc(OC)c3)C(=O)N2NC(=O)Cc2ccccc2)cc1. The fraction of sp³-hybridized carbons (Fsp3) is 0.154. The maximum Gasteiger partial charge on any atom is 0.280 e. The third-order valence-electron chi connectivity index (χ3n) is 5.15. The van der Waals surface area contributed by atoms with Gasteiger partial charge in [-0.2, -0.15) is 0 Å². The Kier molecular flexibility index (Phi) is 7.00. The van der Waals surface area contributed by atoms with Crippen molar-refractivity contribution < 1.29 is 19.1 Å². The summed E-state index contributed by atoms with van der Waals surface area (Å²) in [7, 11) is 3.21. The van der Waals surface area contributed by atoms with Gasteiger partial charge in [-0.3, -0.25) is 15.0 Å². The molecule has 1 unspecified atom stereocenters. The van der Waals surface area contributed by atoms with Gasteiger partial charge in [0.2, 0.25) is 5.91 Å². The van der Waals surface area contributed by atoms with E-state index in [-0.39, 0.29) is 18.2 Å². The van der Waals surface area contributed by atoms with Gasteiger partial charge in [0, 0.05) is 0 Å². The largest absolute Gasteiger partial charge is 0.497 e. The van der Waals surface area contributed by atoms with Crippen molar-refractivity contribution in [2.75, 3.05) is 14.2 Å². The molecule has 1 aliphatic rings. The minimum atomic E-state index is -0.403. The van der Waals surface area contributed by atoms with Crippen molar-refractivity contribution in [3.05, 3.63) is 100 Å². The van der Waals surface area contributed by atoms with E-state index in [1.54, 1.807) is 14.2 Å². The highest BCUT2D eigenvalue weighted by Gasteiger charge is 2.38. The van der Waals surface area contributed by atoms with Crippen LogP contribution in [0.1, 0.15) is 22.1 Å². The molecule has 0 aliphatic carbocycles. The molecular formula is C26H24N2O4S. The Labute approximate surface area is 197 Å². The Hall–Kier alpha value is -3.71. The van der Waals surface area contributed by atoms with Crippen molar-refractivity contribution in [1.82, 2.24) is 10.4 Å². The number of hydrazine groups is 1. The second kappa shape index (κ2) is 10.3. The number of benzene rings is 3. The number of amides is 2. The van der Waals surface area contributed by atoms with Gasteiger partial charge in [0.15, 0.2) is 0 Å². The number of hydrogen-bond donors (Lipinski definition) is 1. The molecule has 2 amide bonds. The van der Waals surface area contributed by atoms with Gasteiger partial charge in [0.25, 0.3) is 5.91 Å². The van der Waals surface area contributed by atoms with Gasteiger partial charge >= 0.3 is 0 Å². The summed E-state index contributed by atoms with van der Waals surface area (Å²) in [5.41, 5.74) is 5.42. The van der Waals surface area contributed by atoms with E-state index in [2.05, 4.69) is 5.43 Å². The van der Waals surface area contributed by atoms with Crippen molar-refractivity contribution in [2.24, 2.45) is 0 Å². The highest BCUT2D eigenvalue weighted by Crippen LogP contribution is 2.45. The topological polar surface area (TPSA) is 67.9 Å². The molecule has 3 aromatic rings. The van der Waals surface area contributed by atoms with E-state index in [0.29, 0.717) is 10.7 Å². The molecule has 33 heavy (non-hydrogen) atoms. The maximum atomic E-state index is 13.3. The maximum absolute atomic E-state index is 13.3. The van der Waals surface area contributed by atoms with E-state index in [1.165, 1.54) is 16.8 Å². The molecule has 168 valence electrons. The van der Waals surface area contributed by atoms with Gasteiger partial charge in [-0.15, -0.1) is 0 Å². The van der Waals surface area contributed by atoms with Crippen molar-refractivity contribution in [3.63, 3.8) is 0 Å². The summed E-state index contributed by atoms with van der Waals surface area (Å²) >= 11 is 1.39. The highest BCUT2D eigenvalue weighted by atomic mass is 32.2. The first-order chi connectivity index (χ1) is 16.1. The number of methoxy groups -OCH3 is 2. The molecular weight excluding hydrogens is 436 g/mol. The van der Waals surface area contributed by atoms with E-state index in [1.807, 2.05) is 84.9 Å². The third-order valence-corrected chi connectivity index (χ3v) is 6.40. The van der Waals surface area contributed by atoms with Crippen LogP contribution in [-0.2, 0) is 16.0 Å². The summed E-state index contributed by atoms with van der Waals surface area (Å²) < 4.78 is 10.5. The summed E-state index contributed by atoms with van der Waals surface area (Å²) in [5.74, 6) is 0.917. The summed E-state index contributed by atoms with van der Waals surface area (Å²) in [6.07, 6.45) is 1.99. The molecule has 0 bridgehead atoms. The lowest BCUT2D eigenvalue weighted by atomic mass is 10.1. The normalized spacial score (nSPS) is 16.7. The monoisotopic (exact) mass is 460 g/mol. The standard InChI is InChI=1S/C26H24N2O4S/c1-31-21-13-11-20(12-14-21)26-28(27-24(29)17-18-7-4-3-5-8-18)25(30)23(33-26)16-19-9-6-10-22(15-19)32-2/h3-16,26H,17H2,1-2H3,(H,27,29). The number of rotatable bonds is 7. The smallest absolute Gasteiger partial charge is 0.280 e. The molecule has 1 aliphatic heterocycles. The predicted octanol–water partition coefficient (Wildman–Crippen LogP) is 4.59. The molecule has 1 fully saturated rings. The van der Waals surface area contributed by atoms with E-state index in [0.717, 1.165) is 22.4 Å². The first-order valence-corrected chi connectivity index (χ1v) is 11.3. The van der Waals surface area contributed by atoms with Crippen LogP contribution < -0.4 is 14.9 Å². The zero-order valence-corrected chi connectivity index (χ0v) is 19.2. The predicted molar refractivity (Wildman–Crippen MR) is 129 cm³/mol. The molecule has 4 rings (SSSR count). The highest BCUT2D eigenvalue weighted by molar-refractivity contribution is 8.04. The van der Waals surface area contributed by atoms with Gasteiger partial charge in [0.05, 0.1) is 25.5 Å². The average molecular weight is 461 g/mol. The second-order valence-corrected chi connectivity index (χ2v) is 8.52. The lowest BCUT2D eigenvalue weighted by Gasteiger charge is -2.24. The number of carbonyl (C=O) groups is 2. The Morgan fingerprint density at radius 1 is 0.970 bits per heavy atom. The molecule has 0 saturated carbocycles. The van der Waals surface area contributed by atoms with Gasteiger partial charge in [-0.25, -0.2) is 5.01 Å². The van der Waals surface area contributed by atoms with Crippen molar-refractivity contribution in [2.45, 2.75) is 11.8 Å². The van der Waals surface area contributed by atoms with Crippen LogP contribution in [0.25, 0.3) is 6.08 Å². The second-order valence-electron chi connectivity index (χ2n) is 7.40. The Balaban J connectivity index is 1.61. The molecule has 7 heteroatoms. The van der Waals surface area contributed by atoms with Crippen molar-refractivity contribution in [3.8, 4) is 11.5 Å². The van der Waals surface area contributed by atoms with E-state index >= 15 is 0 Å². The number of hydrogen-bond acceptors (Lipinski definition) is 5. The molecule has 0 aromatic heterocycles. The van der Waals surface area contributed by atoms with E-state index in [9.17, 15) is 9.59 Å². The van der Waals surface area contributed by atoms with Crippen LogP contribution >= 0.6 is 11.8 Å². The molecule has 1 saturated heterocycles. The lowest BCUT2D eigenvalue weighted by molar-refractivity contribution is -0.137. The fourth-order valence-electron chi connectivity index (χ4n) is 3.48. The number of thioether (sulfide) groups is 1. The van der Waals surface area contributed by atoms with Crippen LogP contribution in [0.2, 0.25) is 0 Å². The third kappa shape index (κ3) is 5.38. The van der Waals surface area contributed by atoms with E-state index < -0.39 is 5.37 Å². The first kappa shape index (κ1) is 22.5. The molecule has 0 spiro atoms. The van der Waals surface area contributed by atoms with Gasteiger partial charge in [0.1, 0.15) is 16.9 Å². The van der Waals surface area contributed by atoms with Gasteiger partial charge in [-0.05, 0) is 47.0 Å². The molecule has 3 aromatic carbocycles. The zero-order valence-electron chi connectivity index (χ0n) is 18.4. The van der Waals surface area contributed by atoms with Crippen molar-refractivity contribution in [1.29, 1.82) is 0 Å². The summed E-state index contributed by atoms with van der Waals surface area (Å²) in [6.45, 7) is 0. The number of nitrogens with one attached hydrogen (secondary N) is 1. The van der Waals surface area contributed by atoms with Crippen LogP contribution in [0.5, 0.6) is 11.5 Å². The van der Waals surface area contributed by atoms with Crippen LogP contribution in [0, 0.1) is 0 Å². The first-order valence-electron chi connectivity index (χ1n) is 10.4. The summed E-state index contributed by atoms with van der Waals surface area (Å²) in [4.78, 5) is 26.6. The molecule has 6 nitrogen and oxygen atoms in total. The summed E-state index contributed by atoms with van der Waals surface area (Å²) in [6, 6.07) is 24.4. The Bertz CT molecular complexity index is 1160. The number of nitrogens with zero attached hydrogens (tertiary/aromatic N) is 1. The summed E-state index contributed by atoms with van der Waals surface area (Å²) in [5, 5.41) is 1.00. The quantitative estimate of drug-likeness (QED) is 0.522.